The van der Waals surface area contributed by atoms with Crippen molar-refractivity contribution in [2.75, 3.05) is 17.7 Å². The number of hydrogen-bond donors (Lipinski definition) is 2. The Balaban J connectivity index is 2.77. The van der Waals surface area contributed by atoms with E-state index >= 15 is 0 Å². The molecule has 2 nitrogen and oxygen atoms in total. The Bertz CT molecular complexity index is 323. The van der Waals surface area contributed by atoms with Crippen LogP contribution in [0.3, 0.4) is 0 Å². The second-order valence-electron chi connectivity index (χ2n) is 3.27. The van der Waals surface area contributed by atoms with Gasteiger partial charge in [0.15, 0.2) is 0 Å². The van der Waals surface area contributed by atoms with Gasteiger partial charge in [0.1, 0.15) is 0 Å². The van der Waals surface area contributed by atoms with Gasteiger partial charge in [-0.15, -0.1) is 11.6 Å². The zero-order valence-corrected chi connectivity index (χ0v) is 11.3. The summed E-state index contributed by atoms with van der Waals surface area (Å²) >= 11 is 14.8. The van der Waals surface area contributed by atoms with E-state index in [4.69, 9.17) is 23.2 Å². The van der Waals surface area contributed by atoms with Crippen LogP contribution in [0.5, 0.6) is 0 Å². The SMILES string of the molecule is Cc1cc(Cl)cc(Br)c1NCC(O)CCl. The molecule has 0 aliphatic carbocycles. The minimum atomic E-state index is -0.548. The minimum Gasteiger partial charge on any atom is -0.390 e. The van der Waals surface area contributed by atoms with E-state index in [1.54, 1.807) is 0 Å². The molecular weight excluding hydrogens is 301 g/mol. The summed E-state index contributed by atoms with van der Waals surface area (Å²) in [5, 5.41) is 13.1. The number of rotatable bonds is 4. The molecule has 1 rings (SSSR count). The van der Waals surface area contributed by atoms with Gasteiger partial charge in [-0.2, -0.15) is 0 Å². The largest absolute Gasteiger partial charge is 0.390 e. The third-order valence-corrected chi connectivity index (χ3v) is 3.14. The van der Waals surface area contributed by atoms with Crippen LogP contribution < -0.4 is 5.32 Å². The third kappa shape index (κ3) is 3.83. The number of anilines is 1. The summed E-state index contributed by atoms with van der Waals surface area (Å²) in [4.78, 5) is 0. The van der Waals surface area contributed by atoms with E-state index in [9.17, 15) is 5.11 Å². The highest BCUT2D eigenvalue weighted by atomic mass is 79.9. The molecule has 2 N–H and O–H groups in total. The van der Waals surface area contributed by atoms with Crippen molar-refractivity contribution in [3.8, 4) is 0 Å². The Morgan fingerprint density at radius 1 is 1.53 bits per heavy atom. The van der Waals surface area contributed by atoms with Gasteiger partial charge in [0.2, 0.25) is 0 Å². The van der Waals surface area contributed by atoms with Gasteiger partial charge in [0.25, 0.3) is 0 Å². The van der Waals surface area contributed by atoms with Gasteiger partial charge in [-0.25, -0.2) is 0 Å². The second kappa shape index (κ2) is 5.94. The van der Waals surface area contributed by atoms with Gasteiger partial charge in [-0.05, 0) is 40.5 Å². The fourth-order valence-corrected chi connectivity index (χ4v) is 2.41. The number of hydrogen-bond acceptors (Lipinski definition) is 2. The number of benzene rings is 1. The first-order valence-electron chi connectivity index (χ1n) is 4.48. The molecule has 0 saturated heterocycles. The summed E-state index contributed by atoms with van der Waals surface area (Å²) in [6, 6.07) is 3.67. The topological polar surface area (TPSA) is 32.3 Å². The minimum absolute atomic E-state index is 0.220. The van der Waals surface area contributed by atoms with Crippen molar-refractivity contribution >= 4 is 44.8 Å². The molecule has 0 aliphatic rings. The van der Waals surface area contributed by atoms with Crippen LogP contribution in [-0.4, -0.2) is 23.6 Å². The van der Waals surface area contributed by atoms with Gasteiger partial charge in [-0.1, -0.05) is 11.6 Å². The van der Waals surface area contributed by atoms with Gasteiger partial charge < -0.3 is 10.4 Å². The Morgan fingerprint density at radius 2 is 2.20 bits per heavy atom. The average Bonchev–Trinajstić information content (AvgIpc) is 2.15. The number of alkyl halides is 1. The highest BCUT2D eigenvalue weighted by molar-refractivity contribution is 9.10. The van der Waals surface area contributed by atoms with Crippen LogP contribution in [0.4, 0.5) is 5.69 Å². The zero-order chi connectivity index (χ0) is 11.4. The van der Waals surface area contributed by atoms with Crippen LogP contribution in [0.1, 0.15) is 5.56 Å². The predicted molar refractivity (Wildman–Crippen MR) is 69.1 cm³/mol. The van der Waals surface area contributed by atoms with Crippen molar-refractivity contribution in [3.63, 3.8) is 0 Å². The molecule has 15 heavy (non-hydrogen) atoms. The molecule has 1 aromatic carbocycles. The molecule has 0 aliphatic heterocycles. The van der Waals surface area contributed by atoms with Crippen LogP contribution in [0, 0.1) is 6.92 Å². The molecule has 5 heteroatoms. The first kappa shape index (κ1) is 13.1. The van der Waals surface area contributed by atoms with Crippen molar-refractivity contribution in [1.82, 2.24) is 0 Å². The van der Waals surface area contributed by atoms with Crippen molar-refractivity contribution in [1.29, 1.82) is 0 Å². The van der Waals surface area contributed by atoms with E-state index in [1.807, 2.05) is 19.1 Å². The molecule has 0 spiro atoms. The Kier molecular flexibility index (Phi) is 5.19. The average molecular weight is 313 g/mol. The van der Waals surface area contributed by atoms with Crippen LogP contribution >= 0.6 is 39.1 Å². The molecule has 84 valence electrons. The maximum Gasteiger partial charge on any atom is 0.0847 e. The fourth-order valence-electron chi connectivity index (χ4n) is 1.20. The highest BCUT2D eigenvalue weighted by Crippen LogP contribution is 2.29. The summed E-state index contributed by atoms with van der Waals surface area (Å²) in [5.41, 5.74) is 1.96. The van der Waals surface area contributed by atoms with E-state index in [1.165, 1.54) is 0 Å². The maximum absolute atomic E-state index is 9.32. The van der Waals surface area contributed by atoms with E-state index in [0.717, 1.165) is 15.7 Å². The summed E-state index contributed by atoms with van der Waals surface area (Å²) < 4.78 is 0.884. The molecule has 0 bridgehead atoms. The normalized spacial score (nSPS) is 12.6. The first-order valence-corrected chi connectivity index (χ1v) is 6.18. The molecule has 0 aromatic heterocycles. The van der Waals surface area contributed by atoms with Gasteiger partial charge in [-0.3, -0.25) is 0 Å². The lowest BCUT2D eigenvalue weighted by Gasteiger charge is -2.14. The monoisotopic (exact) mass is 311 g/mol. The number of halogens is 3. The Hall–Kier alpha value is 0.0400. The molecule has 1 unspecified atom stereocenters. The molecule has 1 atom stereocenters. The number of nitrogens with one attached hydrogen (secondary N) is 1. The van der Waals surface area contributed by atoms with Crippen molar-refractivity contribution < 1.29 is 5.11 Å². The van der Waals surface area contributed by atoms with Crippen LogP contribution in [0.25, 0.3) is 0 Å². The Labute approximate surface area is 108 Å². The fraction of sp³-hybridized carbons (Fsp3) is 0.400. The van der Waals surface area contributed by atoms with Crippen LogP contribution in [0.2, 0.25) is 5.02 Å². The standard InChI is InChI=1S/C10H12BrCl2NO/c1-6-2-7(13)3-9(11)10(6)14-5-8(15)4-12/h2-3,8,14-15H,4-5H2,1H3. The molecule has 0 saturated carbocycles. The molecular formula is C10H12BrCl2NO. The molecule has 1 aromatic rings. The second-order valence-corrected chi connectivity index (χ2v) is 4.87. The smallest absolute Gasteiger partial charge is 0.0847 e. The highest BCUT2D eigenvalue weighted by Gasteiger charge is 2.07. The van der Waals surface area contributed by atoms with E-state index < -0.39 is 6.10 Å². The zero-order valence-electron chi connectivity index (χ0n) is 8.23. The quantitative estimate of drug-likeness (QED) is 0.835. The van der Waals surface area contributed by atoms with Crippen molar-refractivity contribution in [3.05, 3.63) is 27.2 Å². The summed E-state index contributed by atoms with van der Waals surface area (Å²) in [7, 11) is 0. The van der Waals surface area contributed by atoms with Crippen molar-refractivity contribution in [2.24, 2.45) is 0 Å². The lowest BCUT2D eigenvalue weighted by atomic mass is 10.2. The summed E-state index contributed by atoms with van der Waals surface area (Å²) in [6.07, 6.45) is -0.548. The third-order valence-electron chi connectivity index (χ3n) is 1.94. The summed E-state index contributed by atoms with van der Waals surface area (Å²) in [5.74, 6) is 0.220. The lowest BCUT2D eigenvalue weighted by Crippen LogP contribution is -2.21. The molecule has 0 fully saturated rings. The lowest BCUT2D eigenvalue weighted by molar-refractivity contribution is 0.211. The predicted octanol–water partition coefficient (Wildman–Crippen LogP) is 3.42. The Morgan fingerprint density at radius 3 is 2.73 bits per heavy atom. The van der Waals surface area contributed by atoms with E-state index in [0.29, 0.717) is 11.6 Å². The van der Waals surface area contributed by atoms with E-state index in [-0.39, 0.29) is 5.88 Å². The number of aliphatic hydroxyl groups excluding tert-OH is 1. The maximum atomic E-state index is 9.32. The molecule has 0 amide bonds. The van der Waals surface area contributed by atoms with Gasteiger partial charge in [0.05, 0.1) is 17.7 Å². The number of aryl methyl sites for hydroxylation is 1. The van der Waals surface area contributed by atoms with Gasteiger partial charge >= 0.3 is 0 Å². The van der Waals surface area contributed by atoms with Crippen LogP contribution in [0.15, 0.2) is 16.6 Å². The summed E-state index contributed by atoms with van der Waals surface area (Å²) in [6.45, 7) is 2.37. The van der Waals surface area contributed by atoms with Gasteiger partial charge in [0, 0.05) is 16.0 Å². The van der Waals surface area contributed by atoms with Crippen LogP contribution in [-0.2, 0) is 0 Å². The molecule has 0 heterocycles. The first-order chi connectivity index (χ1) is 7.04. The van der Waals surface area contributed by atoms with E-state index in [2.05, 4.69) is 21.2 Å². The van der Waals surface area contributed by atoms with Crippen molar-refractivity contribution in [2.45, 2.75) is 13.0 Å². The molecule has 0 radical (unpaired) electrons. The number of aliphatic hydroxyl groups is 1.